The van der Waals surface area contributed by atoms with Gasteiger partial charge in [-0.25, -0.2) is 0 Å². The largest absolute Gasteiger partial charge is 0.465 e. The summed E-state index contributed by atoms with van der Waals surface area (Å²) in [5, 5.41) is 10.3. The number of nitrogens with zero attached hydrogens (tertiary/aromatic N) is 6. The van der Waals surface area contributed by atoms with E-state index in [1.165, 1.54) is 5.56 Å². The van der Waals surface area contributed by atoms with E-state index in [1.54, 1.807) is 6.07 Å². The Labute approximate surface area is 200 Å². The summed E-state index contributed by atoms with van der Waals surface area (Å²) in [5.74, 6) is 1.77. The van der Waals surface area contributed by atoms with Gasteiger partial charge in [0.25, 0.3) is 0 Å². The van der Waals surface area contributed by atoms with E-state index in [0.717, 1.165) is 30.2 Å². The van der Waals surface area contributed by atoms with Crippen LogP contribution in [0.15, 0.2) is 16.5 Å². The first-order valence-electron chi connectivity index (χ1n) is 11.3. The quantitative estimate of drug-likeness (QED) is 0.486. The Morgan fingerprint density at radius 2 is 1.86 bits per heavy atom. The van der Waals surface area contributed by atoms with Crippen molar-refractivity contribution >= 4 is 11.9 Å². The van der Waals surface area contributed by atoms with Crippen molar-refractivity contribution in [1.29, 1.82) is 0 Å². The SMILES string of the molecule is Cc1ccc(CNc2nc(OCC(F)(F)F)nc(N3CCN(C(C)c4c(C)n[nH]c4C)CC3)n2)o1. The number of hydrogen-bond donors (Lipinski definition) is 2. The summed E-state index contributed by atoms with van der Waals surface area (Å²) in [6, 6.07) is 3.41. The third-order valence-corrected chi connectivity index (χ3v) is 5.93. The highest BCUT2D eigenvalue weighted by molar-refractivity contribution is 5.39. The fourth-order valence-corrected chi connectivity index (χ4v) is 4.19. The molecule has 3 aromatic rings. The van der Waals surface area contributed by atoms with Gasteiger partial charge in [0, 0.05) is 43.5 Å². The number of H-pyrrole nitrogens is 1. The molecule has 10 nitrogen and oxygen atoms in total. The Morgan fingerprint density at radius 3 is 2.46 bits per heavy atom. The summed E-state index contributed by atoms with van der Waals surface area (Å²) in [5.41, 5.74) is 3.20. The summed E-state index contributed by atoms with van der Waals surface area (Å²) < 4.78 is 48.5. The van der Waals surface area contributed by atoms with Gasteiger partial charge in [-0.3, -0.25) is 10.00 Å². The average molecular weight is 495 g/mol. The van der Waals surface area contributed by atoms with E-state index in [-0.39, 0.29) is 30.5 Å². The van der Waals surface area contributed by atoms with E-state index in [2.05, 4.69) is 42.3 Å². The number of piperazine rings is 1. The molecular formula is C22H29F3N8O2. The van der Waals surface area contributed by atoms with Crippen LogP contribution in [0.5, 0.6) is 6.01 Å². The highest BCUT2D eigenvalue weighted by atomic mass is 19.4. The summed E-state index contributed by atoms with van der Waals surface area (Å²) in [7, 11) is 0. The topological polar surface area (TPSA) is 108 Å². The Morgan fingerprint density at radius 1 is 1.11 bits per heavy atom. The molecule has 190 valence electrons. The monoisotopic (exact) mass is 494 g/mol. The van der Waals surface area contributed by atoms with Crippen molar-refractivity contribution in [3.05, 3.63) is 40.6 Å². The fourth-order valence-electron chi connectivity index (χ4n) is 4.19. The first-order valence-corrected chi connectivity index (χ1v) is 11.3. The van der Waals surface area contributed by atoms with E-state index < -0.39 is 12.8 Å². The Bertz CT molecular complexity index is 1120. The molecule has 0 amide bonds. The minimum absolute atomic E-state index is 0.113. The minimum atomic E-state index is -4.50. The van der Waals surface area contributed by atoms with Crippen LogP contribution in [0, 0.1) is 20.8 Å². The first kappa shape index (κ1) is 24.8. The van der Waals surface area contributed by atoms with Crippen molar-refractivity contribution in [3.8, 4) is 6.01 Å². The van der Waals surface area contributed by atoms with Crippen molar-refractivity contribution in [1.82, 2.24) is 30.0 Å². The fraction of sp³-hybridized carbons (Fsp3) is 0.545. The third-order valence-electron chi connectivity index (χ3n) is 5.93. The molecule has 1 unspecified atom stereocenters. The number of aromatic nitrogens is 5. The van der Waals surface area contributed by atoms with Gasteiger partial charge < -0.3 is 19.4 Å². The summed E-state index contributed by atoms with van der Waals surface area (Å²) in [4.78, 5) is 16.8. The number of aromatic amines is 1. The predicted octanol–water partition coefficient (Wildman–Crippen LogP) is 3.55. The van der Waals surface area contributed by atoms with Crippen LogP contribution >= 0.6 is 0 Å². The smallest absolute Gasteiger partial charge is 0.422 e. The molecule has 1 atom stereocenters. The zero-order valence-corrected chi connectivity index (χ0v) is 20.1. The van der Waals surface area contributed by atoms with Crippen LogP contribution in [0.3, 0.4) is 0 Å². The van der Waals surface area contributed by atoms with E-state index in [1.807, 2.05) is 31.7 Å². The van der Waals surface area contributed by atoms with E-state index >= 15 is 0 Å². The lowest BCUT2D eigenvalue weighted by molar-refractivity contribution is -0.154. The maximum atomic E-state index is 12.7. The van der Waals surface area contributed by atoms with Gasteiger partial charge in [-0.05, 0) is 39.8 Å². The second-order valence-corrected chi connectivity index (χ2v) is 8.56. The van der Waals surface area contributed by atoms with Crippen LogP contribution in [0.2, 0.25) is 0 Å². The first-order chi connectivity index (χ1) is 16.6. The number of hydrogen-bond acceptors (Lipinski definition) is 9. The van der Waals surface area contributed by atoms with E-state index in [4.69, 9.17) is 9.15 Å². The number of alkyl halides is 3. The molecule has 4 rings (SSSR count). The van der Waals surface area contributed by atoms with E-state index in [0.29, 0.717) is 18.8 Å². The maximum Gasteiger partial charge on any atom is 0.422 e. The van der Waals surface area contributed by atoms with Crippen LogP contribution in [-0.2, 0) is 6.54 Å². The van der Waals surface area contributed by atoms with Crippen molar-refractivity contribution in [2.75, 3.05) is 43.0 Å². The summed E-state index contributed by atoms with van der Waals surface area (Å²) >= 11 is 0. The van der Waals surface area contributed by atoms with Crippen molar-refractivity contribution < 1.29 is 22.3 Å². The van der Waals surface area contributed by atoms with Gasteiger partial charge in [0.15, 0.2) is 6.61 Å². The van der Waals surface area contributed by atoms with Gasteiger partial charge >= 0.3 is 12.2 Å². The van der Waals surface area contributed by atoms with Gasteiger partial charge in [0.2, 0.25) is 11.9 Å². The maximum absolute atomic E-state index is 12.7. The average Bonchev–Trinajstić information content (AvgIpc) is 3.39. The number of anilines is 2. The van der Waals surface area contributed by atoms with Crippen LogP contribution in [-0.4, -0.2) is 69.0 Å². The minimum Gasteiger partial charge on any atom is -0.465 e. The third kappa shape index (κ3) is 6.21. The van der Waals surface area contributed by atoms with Crippen LogP contribution in [0.25, 0.3) is 0 Å². The molecule has 13 heteroatoms. The molecule has 4 heterocycles. The number of nitrogens with one attached hydrogen (secondary N) is 2. The number of ether oxygens (including phenoxy) is 1. The molecule has 1 fully saturated rings. The lowest BCUT2D eigenvalue weighted by atomic mass is 10.0. The second kappa shape index (κ2) is 10.1. The van der Waals surface area contributed by atoms with Gasteiger partial charge in [-0.2, -0.15) is 33.2 Å². The molecule has 1 aliphatic heterocycles. The van der Waals surface area contributed by atoms with Crippen LogP contribution < -0.4 is 15.0 Å². The molecule has 35 heavy (non-hydrogen) atoms. The molecule has 0 aliphatic carbocycles. The molecule has 1 aliphatic rings. The normalized spacial score (nSPS) is 15.9. The molecule has 3 aromatic heterocycles. The van der Waals surface area contributed by atoms with Crippen LogP contribution in [0.1, 0.15) is 41.4 Å². The van der Waals surface area contributed by atoms with Crippen LogP contribution in [0.4, 0.5) is 25.1 Å². The molecule has 1 saturated heterocycles. The lowest BCUT2D eigenvalue weighted by Gasteiger charge is -2.38. The second-order valence-electron chi connectivity index (χ2n) is 8.56. The number of rotatable bonds is 8. The van der Waals surface area contributed by atoms with Crippen molar-refractivity contribution in [2.24, 2.45) is 0 Å². The zero-order valence-electron chi connectivity index (χ0n) is 20.1. The van der Waals surface area contributed by atoms with Gasteiger partial charge in [0.1, 0.15) is 11.5 Å². The highest BCUT2D eigenvalue weighted by Crippen LogP contribution is 2.27. The number of halogens is 3. The molecule has 0 radical (unpaired) electrons. The van der Waals surface area contributed by atoms with Gasteiger partial charge in [-0.15, -0.1) is 0 Å². The van der Waals surface area contributed by atoms with E-state index in [9.17, 15) is 13.2 Å². The van der Waals surface area contributed by atoms with Crippen molar-refractivity contribution in [2.45, 2.75) is 46.5 Å². The number of aryl methyl sites for hydroxylation is 3. The Kier molecular flexibility index (Phi) is 7.15. The van der Waals surface area contributed by atoms with Crippen molar-refractivity contribution in [3.63, 3.8) is 0 Å². The van der Waals surface area contributed by atoms with Gasteiger partial charge in [0.05, 0.1) is 12.2 Å². The summed E-state index contributed by atoms with van der Waals surface area (Å²) in [6.45, 7) is 9.39. The molecule has 0 bridgehead atoms. The van der Waals surface area contributed by atoms with Gasteiger partial charge in [-0.1, -0.05) is 0 Å². The zero-order chi connectivity index (χ0) is 25.2. The Hall–Kier alpha value is -3.35. The molecule has 0 aromatic carbocycles. The number of furan rings is 1. The molecular weight excluding hydrogens is 465 g/mol. The molecule has 0 spiro atoms. The lowest BCUT2D eigenvalue weighted by Crippen LogP contribution is -2.48. The molecule has 0 saturated carbocycles. The highest BCUT2D eigenvalue weighted by Gasteiger charge is 2.30. The Balaban J connectivity index is 1.47. The molecule has 2 N–H and O–H groups in total. The predicted molar refractivity (Wildman–Crippen MR) is 122 cm³/mol. The summed E-state index contributed by atoms with van der Waals surface area (Å²) in [6.07, 6.45) is -4.50. The standard InChI is InChI=1S/C22H29F3N8O2/c1-13-5-6-17(35-13)11-26-19-27-20(29-21(28-19)34-12-22(23,24)25)33-9-7-32(8-10-33)16(4)18-14(2)30-31-15(18)3/h5-6,16H,7-12H2,1-4H3,(H,30,31)(H,26,27,28,29).